The predicted octanol–water partition coefficient (Wildman–Crippen LogP) is 4.55. The summed E-state index contributed by atoms with van der Waals surface area (Å²) in [6.07, 6.45) is 0. The molecule has 1 unspecified atom stereocenters. The summed E-state index contributed by atoms with van der Waals surface area (Å²) in [6, 6.07) is 18.5. The van der Waals surface area contributed by atoms with Crippen LogP contribution in [0.15, 0.2) is 60.7 Å². The van der Waals surface area contributed by atoms with Gasteiger partial charge in [0.15, 0.2) is 0 Å². The number of nitrogens with one attached hydrogen (secondary N) is 1. The van der Waals surface area contributed by atoms with Crippen LogP contribution in [0.25, 0.3) is 10.9 Å². The minimum atomic E-state index is -0.201. The van der Waals surface area contributed by atoms with Crippen LogP contribution >= 0.6 is 0 Å². The molecule has 0 amide bonds. The lowest BCUT2D eigenvalue weighted by Gasteiger charge is -2.16. The van der Waals surface area contributed by atoms with Crippen molar-refractivity contribution in [3.05, 3.63) is 72.0 Å². The Balaban J connectivity index is 1.87. The van der Waals surface area contributed by atoms with Crippen LogP contribution in [0, 0.1) is 5.82 Å². The lowest BCUT2D eigenvalue weighted by Crippen LogP contribution is -2.09. The van der Waals surface area contributed by atoms with Gasteiger partial charge in [0.1, 0.15) is 11.6 Å². The first-order valence-corrected chi connectivity index (χ1v) is 6.61. The van der Waals surface area contributed by atoms with Gasteiger partial charge in [-0.05, 0) is 31.2 Å². The van der Waals surface area contributed by atoms with E-state index < -0.39 is 0 Å². The van der Waals surface area contributed by atoms with Crippen molar-refractivity contribution in [1.29, 1.82) is 0 Å². The molecule has 0 spiro atoms. The van der Waals surface area contributed by atoms with Gasteiger partial charge in [0.25, 0.3) is 0 Å². The third-order valence-corrected chi connectivity index (χ3v) is 3.33. The first-order valence-electron chi connectivity index (χ1n) is 6.61. The molecule has 1 aromatic heterocycles. The summed E-state index contributed by atoms with van der Waals surface area (Å²) in [7, 11) is 0. The zero-order chi connectivity index (χ0) is 13.9. The molecule has 0 radical (unpaired) electrons. The Morgan fingerprint density at radius 2 is 1.70 bits per heavy atom. The molecule has 20 heavy (non-hydrogen) atoms. The number of benzene rings is 2. The summed E-state index contributed by atoms with van der Waals surface area (Å²) in [6.45, 7) is 1.93. The standard InChI is InChI=1S/C17H15FN2/c1-12(14-7-3-4-8-15(14)18)19-17-11-10-13-6-2-5-9-16(13)20-17/h2-12H,1H3,(H,19,20). The molecule has 1 atom stereocenters. The Labute approximate surface area is 117 Å². The Kier molecular flexibility index (Phi) is 3.33. The van der Waals surface area contributed by atoms with Gasteiger partial charge in [-0.25, -0.2) is 9.37 Å². The number of fused-ring (bicyclic) bond motifs is 1. The van der Waals surface area contributed by atoms with Crippen molar-refractivity contribution >= 4 is 16.7 Å². The van der Waals surface area contributed by atoms with Crippen molar-refractivity contribution in [3.63, 3.8) is 0 Å². The average Bonchev–Trinajstić information content (AvgIpc) is 2.47. The molecule has 2 aromatic carbocycles. The van der Waals surface area contributed by atoms with Gasteiger partial charge >= 0.3 is 0 Å². The van der Waals surface area contributed by atoms with E-state index in [9.17, 15) is 4.39 Å². The molecule has 3 heteroatoms. The summed E-state index contributed by atoms with van der Waals surface area (Å²) in [5.41, 5.74) is 1.57. The van der Waals surface area contributed by atoms with Crippen molar-refractivity contribution in [2.45, 2.75) is 13.0 Å². The van der Waals surface area contributed by atoms with Crippen LogP contribution in [0.1, 0.15) is 18.5 Å². The largest absolute Gasteiger partial charge is 0.363 e. The van der Waals surface area contributed by atoms with Crippen LogP contribution in [0.2, 0.25) is 0 Å². The van der Waals surface area contributed by atoms with E-state index in [0.29, 0.717) is 5.56 Å². The van der Waals surface area contributed by atoms with Crippen LogP contribution < -0.4 is 5.32 Å². The third-order valence-electron chi connectivity index (χ3n) is 3.33. The molecule has 0 aliphatic carbocycles. The molecule has 100 valence electrons. The van der Waals surface area contributed by atoms with Gasteiger partial charge in [-0.2, -0.15) is 0 Å². The number of halogens is 1. The Bertz CT molecular complexity index is 740. The van der Waals surface area contributed by atoms with Crippen LogP contribution in [0.3, 0.4) is 0 Å². The quantitative estimate of drug-likeness (QED) is 0.752. The van der Waals surface area contributed by atoms with E-state index in [1.807, 2.05) is 49.4 Å². The normalized spacial score (nSPS) is 12.3. The third kappa shape index (κ3) is 2.48. The van der Waals surface area contributed by atoms with Gasteiger partial charge in [0.05, 0.1) is 11.6 Å². The molecule has 0 bridgehead atoms. The minimum Gasteiger partial charge on any atom is -0.363 e. The molecule has 3 rings (SSSR count). The number of rotatable bonds is 3. The van der Waals surface area contributed by atoms with E-state index in [0.717, 1.165) is 16.7 Å². The van der Waals surface area contributed by atoms with E-state index >= 15 is 0 Å². The van der Waals surface area contributed by atoms with E-state index in [1.54, 1.807) is 12.1 Å². The molecule has 3 aromatic rings. The molecule has 1 N–H and O–H groups in total. The van der Waals surface area contributed by atoms with Crippen LogP contribution in [-0.2, 0) is 0 Å². The summed E-state index contributed by atoms with van der Waals surface area (Å²) >= 11 is 0. The van der Waals surface area contributed by atoms with Crippen LogP contribution in [0.5, 0.6) is 0 Å². The van der Waals surface area contributed by atoms with E-state index in [4.69, 9.17) is 0 Å². The van der Waals surface area contributed by atoms with Gasteiger partial charge in [0, 0.05) is 10.9 Å². The highest BCUT2D eigenvalue weighted by Crippen LogP contribution is 2.22. The SMILES string of the molecule is CC(Nc1ccc2ccccc2n1)c1ccccc1F. The maximum absolute atomic E-state index is 13.7. The van der Waals surface area contributed by atoms with Crippen molar-refractivity contribution in [3.8, 4) is 0 Å². The Morgan fingerprint density at radius 3 is 2.55 bits per heavy atom. The van der Waals surface area contributed by atoms with Gasteiger partial charge in [-0.1, -0.05) is 36.4 Å². The van der Waals surface area contributed by atoms with Gasteiger partial charge < -0.3 is 5.32 Å². The van der Waals surface area contributed by atoms with Crippen molar-refractivity contribution < 1.29 is 4.39 Å². The van der Waals surface area contributed by atoms with E-state index in [-0.39, 0.29) is 11.9 Å². The molecule has 0 fully saturated rings. The fraction of sp³-hybridized carbons (Fsp3) is 0.118. The summed E-state index contributed by atoms with van der Waals surface area (Å²) < 4.78 is 13.7. The molecule has 0 aliphatic heterocycles. The van der Waals surface area contributed by atoms with Crippen molar-refractivity contribution in [1.82, 2.24) is 4.98 Å². The molecule has 2 nitrogen and oxygen atoms in total. The molecular weight excluding hydrogens is 251 g/mol. The zero-order valence-electron chi connectivity index (χ0n) is 11.2. The second-order valence-corrected chi connectivity index (χ2v) is 4.78. The molecule has 0 aliphatic rings. The lowest BCUT2D eigenvalue weighted by molar-refractivity contribution is 0.600. The summed E-state index contributed by atoms with van der Waals surface area (Å²) in [5, 5.41) is 4.33. The first kappa shape index (κ1) is 12.6. The Morgan fingerprint density at radius 1 is 0.950 bits per heavy atom. The molecule has 0 saturated carbocycles. The molecular formula is C17H15FN2. The van der Waals surface area contributed by atoms with E-state index in [2.05, 4.69) is 10.3 Å². The van der Waals surface area contributed by atoms with Crippen LogP contribution in [0.4, 0.5) is 10.2 Å². The fourth-order valence-electron chi connectivity index (χ4n) is 2.27. The highest BCUT2D eigenvalue weighted by molar-refractivity contribution is 5.80. The highest BCUT2D eigenvalue weighted by atomic mass is 19.1. The monoisotopic (exact) mass is 266 g/mol. The second kappa shape index (κ2) is 5.29. The number of nitrogens with zero attached hydrogens (tertiary/aromatic N) is 1. The molecule has 0 saturated heterocycles. The smallest absolute Gasteiger partial charge is 0.128 e. The number of pyridine rings is 1. The maximum Gasteiger partial charge on any atom is 0.128 e. The topological polar surface area (TPSA) is 24.9 Å². The van der Waals surface area contributed by atoms with Crippen LogP contribution in [-0.4, -0.2) is 4.98 Å². The van der Waals surface area contributed by atoms with Gasteiger partial charge in [0.2, 0.25) is 0 Å². The minimum absolute atomic E-state index is 0.134. The number of aromatic nitrogens is 1. The number of hydrogen-bond acceptors (Lipinski definition) is 2. The van der Waals surface area contributed by atoms with Crippen molar-refractivity contribution in [2.24, 2.45) is 0 Å². The molecule has 1 heterocycles. The lowest BCUT2D eigenvalue weighted by atomic mass is 10.1. The number of anilines is 1. The maximum atomic E-state index is 13.7. The van der Waals surface area contributed by atoms with E-state index in [1.165, 1.54) is 6.07 Å². The Hall–Kier alpha value is -2.42. The van der Waals surface area contributed by atoms with Gasteiger partial charge in [-0.15, -0.1) is 0 Å². The summed E-state index contributed by atoms with van der Waals surface area (Å²) in [5.74, 6) is 0.549. The highest BCUT2D eigenvalue weighted by Gasteiger charge is 2.10. The average molecular weight is 266 g/mol. The number of para-hydroxylation sites is 1. The number of hydrogen-bond donors (Lipinski definition) is 1. The fourth-order valence-corrected chi connectivity index (χ4v) is 2.27. The first-order chi connectivity index (χ1) is 9.74. The summed E-state index contributed by atoms with van der Waals surface area (Å²) in [4.78, 5) is 4.54. The predicted molar refractivity (Wildman–Crippen MR) is 80.2 cm³/mol. The zero-order valence-corrected chi connectivity index (χ0v) is 11.2. The van der Waals surface area contributed by atoms with Gasteiger partial charge in [-0.3, -0.25) is 0 Å². The van der Waals surface area contributed by atoms with Crippen molar-refractivity contribution in [2.75, 3.05) is 5.32 Å². The second-order valence-electron chi connectivity index (χ2n) is 4.78.